The number of rotatable bonds is 3. The SMILES string of the molecule is CC(Nc1cc(=O)c1=O)c1cccc(O)c1. The molecular weight excluding hydrogens is 206 g/mol. The summed E-state index contributed by atoms with van der Waals surface area (Å²) in [4.78, 5) is 21.8. The van der Waals surface area contributed by atoms with Crippen molar-refractivity contribution in [2.24, 2.45) is 0 Å². The highest BCUT2D eigenvalue weighted by Gasteiger charge is 2.13. The number of benzene rings is 1. The molecular formula is C12H11NO3. The highest BCUT2D eigenvalue weighted by molar-refractivity contribution is 5.49. The van der Waals surface area contributed by atoms with E-state index < -0.39 is 10.9 Å². The van der Waals surface area contributed by atoms with E-state index in [-0.39, 0.29) is 11.8 Å². The topological polar surface area (TPSA) is 66.4 Å². The lowest BCUT2D eigenvalue weighted by Crippen LogP contribution is -2.33. The molecule has 0 saturated heterocycles. The Labute approximate surface area is 91.9 Å². The normalized spacial score (nSPS) is 12.6. The largest absolute Gasteiger partial charge is 0.508 e. The van der Waals surface area contributed by atoms with Crippen LogP contribution in [0, 0.1) is 0 Å². The number of aromatic hydroxyl groups is 1. The molecule has 0 fully saturated rings. The van der Waals surface area contributed by atoms with Gasteiger partial charge < -0.3 is 10.4 Å². The Kier molecular flexibility index (Phi) is 2.48. The number of hydrogen-bond acceptors (Lipinski definition) is 4. The van der Waals surface area contributed by atoms with Crippen LogP contribution in [0.25, 0.3) is 0 Å². The molecule has 1 unspecified atom stereocenters. The highest BCUT2D eigenvalue weighted by atomic mass is 16.3. The monoisotopic (exact) mass is 217 g/mol. The summed E-state index contributed by atoms with van der Waals surface area (Å²) in [6.45, 7) is 1.85. The summed E-state index contributed by atoms with van der Waals surface area (Å²) < 4.78 is 0. The van der Waals surface area contributed by atoms with Crippen LogP contribution in [0.15, 0.2) is 39.9 Å². The van der Waals surface area contributed by atoms with Crippen molar-refractivity contribution >= 4 is 5.69 Å². The van der Waals surface area contributed by atoms with Gasteiger partial charge in [-0.2, -0.15) is 0 Å². The average molecular weight is 217 g/mol. The van der Waals surface area contributed by atoms with Crippen LogP contribution in [-0.2, 0) is 0 Å². The first-order valence-electron chi connectivity index (χ1n) is 4.94. The molecule has 0 saturated carbocycles. The summed E-state index contributed by atoms with van der Waals surface area (Å²) in [5.41, 5.74) is 0.242. The molecule has 0 aliphatic rings. The van der Waals surface area contributed by atoms with Crippen molar-refractivity contribution in [2.75, 3.05) is 5.32 Å². The molecule has 0 bridgehead atoms. The van der Waals surface area contributed by atoms with Gasteiger partial charge in [-0.3, -0.25) is 9.59 Å². The first-order valence-corrected chi connectivity index (χ1v) is 4.94. The van der Waals surface area contributed by atoms with Crippen molar-refractivity contribution in [1.82, 2.24) is 0 Å². The fourth-order valence-electron chi connectivity index (χ4n) is 1.54. The molecule has 0 heterocycles. The minimum Gasteiger partial charge on any atom is -0.508 e. The maximum atomic E-state index is 11.1. The van der Waals surface area contributed by atoms with E-state index in [0.717, 1.165) is 5.56 Å². The summed E-state index contributed by atoms with van der Waals surface area (Å²) >= 11 is 0. The summed E-state index contributed by atoms with van der Waals surface area (Å²) in [5, 5.41) is 12.2. The predicted octanol–water partition coefficient (Wildman–Crippen LogP) is 1.16. The van der Waals surface area contributed by atoms with Gasteiger partial charge in [0.15, 0.2) is 0 Å². The molecule has 4 heteroatoms. The zero-order chi connectivity index (χ0) is 11.7. The van der Waals surface area contributed by atoms with Crippen molar-refractivity contribution in [3.63, 3.8) is 0 Å². The molecule has 2 rings (SSSR count). The van der Waals surface area contributed by atoms with Gasteiger partial charge >= 0.3 is 0 Å². The Hall–Kier alpha value is -2.10. The quantitative estimate of drug-likeness (QED) is 0.757. The third kappa shape index (κ3) is 1.82. The molecule has 0 radical (unpaired) electrons. The van der Waals surface area contributed by atoms with Crippen molar-refractivity contribution in [3.05, 3.63) is 56.3 Å². The Morgan fingerprint density at radius 3 is 2.56 bits per heavy atom. The molecule has 2 aromatic carbocycles. The molecule has 2 aromatic rings. The molecule has 4 nitrogen and oxygen atoms in total. The smallest absolute Gasteiger partial charge is 0.248 e. The highest BCUT2D eigenvalue weighted by Crippen LogP contribution is 2.20. The van der Waals surface area contributed by atoms with Gasteiger partial charge in [0.25, 0.3) is 0 Å². The lowest BCUT2D eigenvalue weighted by Gasteiger charge is -2.15. The Morgan fingerprint density at radius 2 is 2.00 bits per heavy atom. The standard InChI is InChI=1S/C12H11NO3/c1-7(8-3-2-4-9(14)5-8)13-10-6-11(15)12(10)16/h2-7,13-14H,1H3. The van der Waals surface area contributed by atoms with E-state index in [1.165, 1.54) is 6.07 Å². The Morgan fingerprint density at radius 1 is 1.25 bits per heavy atom. The second-order valence-electron chi connectivity index (χ2n) is 3.71. The number of anilines is 1. The van der Waals surface area contributed by atoms with Gasteiger partial charge in [-0.15, -0.1) is 0 Å². The average Bonchev–Trinajstić information content (AvgIpc) is 2.28. The molecule has 0 amide bonds. The van der Waals surface area contributed by atoms with Gasteiger partial charge in [-0.05, 0) is 24.6 Å². The number of nitrogens with one attached hydrogen (secondary N) is 1. The fraction of sp³-hybridized carbons (Fsp3) is 0.167. The lowest BCUT2D eigenvalue weighted by molar-refractivity contribution is 0.474. The van der Waals surface area contributed by atoms with Crippen LogP contribution in [0.4, 0.5) is 5.69 Å². The van der Waals surface area contributed by atoms with Crippen LogP contribution in [-0.4, -0.2) is 5.11 Å². The van der Waals surface area contributed by atoms with E-state index in [2.05, 4.69) is 5.32 Å². The van der Waals surface area contributed by atoms with Gasteiger partial charge in [-0.25, -0.2) is 0 Å². The summed E-state index contributed by atoms with van der Waals surface area (Å²) in [6, 6.07) is 7.90. The lowest BCUT2D eigenvalue weighted by atomic mass is 10.1. The van der Waals surface area contributed by atoms with Crippen LogP contribution in [0.1, 0.15) is 18.5 Å². The molecule has 1 atom stereocenters. The van der Waals surface area contributed by atoms with Crippen molar-refractivity contribution in [3.8, 4) is 5.75 Å². The summed E-state index contributed by atoms with van der Waals surface area (Å²) in [7, 11) is 0. The molecule has 0 aliphatic carbocycles. The van der Waals surface area contributed by atoms with E-state index in [9.17, 15) is 14.7 Å². The summed E-state index contributed by atoms with van der Waals surface area (Å²) in [5.74, 6) is 0.177. The van der Waals surface area contributed by atoms with Gasteiger partial charge in [-0.1, -0.05) is 12.1 Å². The van der Waals surface area contributed by atoms with Gasteiger partial charge in [0.05, 0.1) is 5.69 Å². The fourth-order valence-corrected chi connectivity index (χ4v) is 1.54. The number of phenols is 1. The second-order valence-corrected chi connectivity index (χ2v) is 3.71. The van der Waals surface area contributed by atoms with Crippen LogP contribution in [0.5, 0.6) is 5.75 Å². The Bertz CT molecular complexity index is 582. The number of hydrogen-bond donors (Lipinski definition) is 2. The molecule has 0 spiro atoms. The van der Waals surface area contributed by atoms with E-state index in [1.54, 1.807) is 18.2 Å². The third-order valence-electron chi connectivity index (χ3n) is 2.49. The van der Waals surface area contributed by atoms with Gasteiger partial charge in [0.1, 0.15) is 5.75 Å². The number of phenolic OH excluding ortho intramolecular Hbond substituents is 1. The first-order chi connectivity index (χ1) is 7.58. The molecule has 2 N–H and O–H groups in total. The van der Waals surface area contributed by atoms with Crippen molar-refractivity contribution in [2.45, 2.75) is 13.0 Å². The van der Waals surface area contributed by atoms with E-state index in [1.807, 2.05) is 13.0 Å². The zero-order valence-corrected chi connectivity index (χ0v) is 8.73. The molecule has 16 heavy (non-hydrogen) atoms. The van der Waals surface area contributed by atoms with E-state index in [0.29, 0.717) is 5.69 Å². The minimum atomic E-state index is -0.480. The maximum Gasteiger partial charge on any atom is 0.248 e. The van der Waals surface area contributed by atoms with Crippen molar-refractivity contribution in [1.29, 1.82) is 0 Å². The third-order valence-corrected chi connectivity index (χ3v) is 2.49. The van der Waals surface area contributed by atoms with Crippen LogP contribution in [0.2, 0.25) is 0 Å². The van der Waals surface area contributed by atoms with Crippen LogP contribution >= 0.6 is 0 Å². The first kappa shape index (κ1) is 10.4. The van der Waals surface area contributed by atoms with E-state index in [4.69, 9.17) is 0 Å². The zero-order valence-electron chi connectivity index (χ0n) is 8.73. The Balaban J connectivity index is 2.16. The second kappa shape index (κ2) is 3.81. The van der Waals surface area contributed by atoms with Crippen molar-refractivity contribution < 1.29 is 5.11 Å². The molecule has 0 aromatic heterocycles. The van der Waals surface area contributed by atoms with Crippen LogP contribution < -0.4 is 16.2 Å². The van der Waals surface area contributed by atoms with Gasteiger partial charge in [0.2, 0.25) is 10.9 Å². The minimum absolute atomic E-state index is 0.129. The molecule has 0 aliphatic heterocycles. The van der Waals surface area contributed by atoms with Crippen LogP contribution in [0.3, 0.4) is 0 Å². The summed E-state index contributed by atoms with van der Waals surface area (Å²) in [6.07, 6.45) is 0. The predicted molar refractivity (Wildman–Crippen MR) is 61.5 cm³/mol. The maximum absolute atomic E-state index is 11.1. The van der Waals surface area contributed by atoms with E-state index >= 15 is 0 Å². The molecule has 82 valence electrons. The van der Waals surface area contributed by atoms with Gasteiger partial charge in [0, 0.05) is 12.1 Å².